The Hall–Kier alpha value is -2.65. The maximum absolute atomic E-state index is 12.5. The predicted octanol–water partition coefficient (Wildman–Crippen LogP) is 2.82. The van der Waals surface area contributed by atoms with Crippen LogP contribution in [0.25, 0.3) is 11.1 Å². The molecule has 0 spiro atoms. The number of guanidine groups is 1. The molecule has 0 radical (unpaired) electrons. The molecule has 1 aliphatic heterocycles. The molecule has 0 saturated heterocycles. The molecular formula is C19H20N4OS. The number of hydrogen-bond acceptors (Lipinski definition) is 5. The van der Waals surface area contributed by atoms with Gasteiger partial charge in [0.25, 0.3) is 0 Å². The van der Waals surface area contributed by atoms with Crippen molar-refractivity contribution in [3.05, 3.63) is 40.3 Å². The van der Waals surface area contributed by atoms with E-state index < -0.39 is 5.54 Å². The molecule has 25 heavy (non-hydrogen) atoms. The van der Waals surface area contributed by atoms with E-state index in [9.17, 15) is 4.79 Å². The molecule has 128 valence electrons. The predicted molar refractivity (Wildman–Crippen MR) is 101 cm³/mol. The standard InChI is InChI=1S/C19H20N4OS/c1-5-6-13-7-14(10-21-9-13)15-8-16(25-11-15)19(3)12(2)17(24)23(4)18(20)22-19/h7-12H,1-4H3,(H2,20,22)/t12-,19-/m0/s1. The lowest BCUT2D eigenvalue weighted by molar-refractivity contribution is -0.133. The molecule has 0 fully saturated rings. The maximum Gasteiger partial charge on any atom is 0.234 e. The summed E-state index contributed by atoms with van der Waals surface area (Å²) in [5.74, 6) is 5.85. The molecule has 1 amide bonds. The minimum atomic E-state index is -0.662. The second-order valence-corrected chi connectivity index (χ2v) is 7.18. The van der Waals surface area contributed by atoms with Crippen LogP contribution in [-0.4, -0.2) is 28.8 Å². The lowest BCUT2D eigenvalue weighted by Crippen LogP contribution is -2.52. The first-order chi connectivity index (χ1) is 11.9. The van der Waals surface area contributed by atoms with Gasteiger partial charge in [-0.1, -0.05) is 12.8 Å². The number of thiophene rings is 1. The second-order valence-electron chi connectivity index (χ2n) is 6.27. The fraction of sp³-hybridized carbons (Fsp3) is 0.316. The van der Waals surface area contributed by atoms with Crippen LogP contribution in [0.4, 0.5) is 0 Å². The van der Waals surface area contributed by atoms with Crippen LogP contribution in [0, 0.1) is 17.8 Å². The molecular weight excluding hydrogens is 332 g/mol. The van der Waals surface area contributed by atoms with Crippen molar-refractivity contribution in [3.63, 3.8) is 0 Å². The van der Waals surface area contributed by atoms with Gasteiger partial charge in [0.1, 0.15) is 5.54 Å². The summed E-state index contributed by atoms with van der Waals surface area (Å²) >= 11 is 1.58. The summed E-state index contributed by atoms with van der Waals surface area (Å²) in [6.07, 6.45) is 3.56. The summed E-state index contributed by atoms with van der Waals surface area (Å²) in [6, 6.07) is 4.08. The quantitative estimate of drug-likeness (QED) is 0.845. The molecule has 0 aromatic carbocycles. The Bertz CT molecular complexity index is 921. The van der Waals surface area contributed by atoms with Crippen LogP contribution in [0.2, 0.25) is 0 Å². The third kappa shape index (κ3) is 2.92. The van der Waals surface area contributed by atoms with Gasteiger partial charge in [-0.2, -0.15) is 0 Å². The highest BCUT2D eigenvalue weighted by Crippen LogP contribution is 2.42. The van der Waals surface area contributed by atoms with Gasteiger partial charge in [-0.15, -0.1) is 17.3 Å². The molecule has 2 atom stereocenters. The number of carbonyl (C=O) groups excluding carboxylic acids is 1. The van der Waals surface area contributed by atoms with E-state index in [-0.39, 0.29) is 17.8 Å². The molecule has 0 saturated carbocycles. The van der Waals surface area contributed by atoms with Gasteiger partial charge in [0.15, 0.2) is 5.96 Å². The van der Waals surface area contributed by atoms with Crippen LogP contribution < -0.4 is 5.73 Å². The van der Waals surface area contributed by atoms with E-state index in [0.717, 1.165) is 21.6 Å². The van der Waals surface area contributed by atoms with Gasteiger partial charge in [-0.3, -0.25) is 14.7 Å². The Morgan fingerprint density at radius 2 is 2.08 bits per heavy atom. The lowest BCUT2D eigenvalue weighted by Gasteiger charge is -2.37. The fourth-order valence-electron chi connectivity index (χ4n) is 2.89. The number of rotatable bonds is 2. The van der Waals surface area contributed by atoms with Crippen LogP contribution in [0.1, 0.15) is 31.2 Å². The third-order valence-corrected chi connectivity index (χ3v) is 5.83. The number of carbonyl (C=O) groups is 1. The van der Waals surface area contributed by atoms with Crippen LogP contribution in [0.5, 0.6) is 0 Å². The van der Waals surface area contributed by atoms with Gasteiger partial charge < -0.3 is 5.73 Å². The fourth-order valence-corrected chi connectivity index (χ4v) is 4.00. The summed E-state index contributed by atoms with van der Waals surface area (Å²) in [7, 11) is 1.66. The normalized spacial score (nSPS) is 23.0. The number of pyridine rings is 1. The Labute approximate surface area is 151 Å². The number of aromatic nitrogens is 1. The zero-order chi connectivity index (χ0) is 18.2. The average molecular weight is 352 g/mol. The first-order valence-corrected chi connectivity index (χ1v) is 8.85. The van der Waals surface area contributed by atoms with E-state index in [2.05, 4.69) is 33.3 Å². The van der Waals surface area contributed by atoms with Gasteiger partial charge >= 0.3 is 0 Å². The molecule has 0 unspecified atom stereocenters. The Morgan fingerprint density at radius 3 is 2.80 bits per heavy atom. The highest BCUT2D eigenvalue weighted by molar-refractivity contribution is 7.10. The topological polar surface area (TPSA) is 71.6 Å². The molecule has 2 aromatic rings. The maximum atomic E-state index is 12.5. The van der Waals surface area contributed by atoms with Gasteiger partial charge in [0, 0.05) is 35.4 Å². The molecule has 1 aliphatic rings. The van der Waals surface area contributed by atoms with Gasteiger partial charge in [-0.05, 0) is 36.9 Å². The van der Waals surface area contributed by atoms with E-state index in [1.807, 2.05) is 26.1 Å². The Morgan fingerprint density at radius 1 is 1.32 bits per heavy atom. The number of nitrogens with two attached hydrogens (primary N) is 1. The molecule has 5 nitrogen and oxygen atoms in total. The van der Waals surface area contributed by atoms with Crippen molar-refractivity contribution in [1.29, 1.82) is 0 Å². The van der Waals surface area contributed by atoms with E-state index in [0.29, 0.717) is 0 Å². The van der Waals surface area contributed by atoms with Gasteiger partial charge in [0.05, 0.1) is 5.92 Å². The van der Waals surface area contributed by atoms with Crippen molar-refractivity contribution in [2.75, 3.05) is 7.05 Å². The van der Waals surface area contributed by atoms with Crippen LogP contribution in [0.3, 0.4) is 0 Å². The van der Waals surface area contributed by atoms with Crippen LogP contribution in [-0.2, 0) is 10.3 Å². The zero-order valence-corrected chi connectivity index (χ0v) is 15.5. The molecule has 6 heteroatoms. The summed E-state index contributed by atoms with van der Waals surface area (Å²) < 4.78 is 0. The van der Waals surface area contributed by atoms with Crippen molar-refractivity contribution in [3.8, 4) is 23.0 Å². The van der Waals surface area contributed by atoms with Crippen molar-refractivity contribution in [1.82, 2.24) is 9.88 Å². The van der Waals surface area contributed by atoms with Crippen molar-refractivity contribution in [2.45, 2.75) is 26.3 Å². The SMILES string of the molecule is CC#Cc1cncc(-c2csc([C@@]3(C)N=C(N)N(C)C(=O)[C@@H]3C)c2)c1. The molecule has 3 heterocycles. The minimum absolute atomic E-state index is 0.0214. The van der Waals surface area contributed by atoms with Crippen molar-refractivity contribution >= 4 is 23.2 Å². The zero-order valence-electron chi connectivity index (χ0n) is 14.7. The first kappa shape index (κ1) is 17.2. The summed E-state index contributed by atoms with van der Waals surface area (Å²) in [4.78, 5) is 23.8. The van der Waals surface area contributed by atoms with Gasteiger partial charge in [0.2, 0.25) is 5.91 Å². The van der Waals surface area contributed by atoms with E-state index in [4.69, 9.17) is 5.73 Å². The first-order valence-electron chi connectivity index (χ1n) is 7.97. The summed E-state index contributed by atoms with van der Waals surface area (Å²) in [5.41, 5.74) is 8.20. The van der Waals surface area contributed by atoms with Crippen LogP contribution >= 0.6 is 11.3 Å². The number of nitrogens with zero attached hydrogens (tertiary/aromatic N) is 3. The Balaban J connectivity index is 2.02. The summed E-state index contributed by atoms with van der Waals surface area (Å²) in [5, 5.41) is 2.06. The second kappa shape index (κ2) is 6.34. The summed E-state index contributed by atoms with van der Waals surface area (Å²) in [6.45, 7) is 5.66. The van der Waals surface area contributed by atoms with E-state index >= 15 is 0 Å². The highest BCUT2D eigenvalue weighted by Gasteiger charge is 2.44. The number of amides is 1. The van der Waals surface area contributed by atoms with E-state index in [1.165, 1.54) is 4.90 Å². The van der Waals surface area contributed by atoms with E-state index in [1.54, 1.807) is 31.5 Å². The highest BCUT2D eigenvalue weighted by atomic mass is 32.1. The monoisotopic (exact) mass is 352 g/mol. The smallest absolute Gasteiger partial charge is 0.234 e. The molecule has 2 N–H and O–H groups in total. The molecule has 3 rings (SSSR count). The van der Waals surface area contributed by atoms with Gasteiger partial charge in [-0.25, -0.2) is 4.99 Å². The lowest BCUT2D eigenvalue weighted by atomic mass is 9.83. The molecule has 0 aliphatic carbocycles. The molecule has 2 aromatic heterocycles. The number of hydrogen-bond donors (Lipinski definition) is 1. The Kier molecular flexibility index (Phi) is 4.36. The minimum Gasteiger partial charge on any atom is -0.369 e. The third-order valence-electron chi connectivity index (χ3n) is 4.67. The average Bonchev–Trinajstić information content (AvgIpc) is 3.10. The largest absolute Gasteiger partial charge is 0.369 e. The number of aliphatic imine (C=N–C) groups is 1. The molecule has 0 bridgehead atoms. The van der Waals surface area contributed by atoms with Crippen LogP contribution in [0.15, 0.2) is 34.9 Å². The van der Waals surface area contributed by atoms with Crippen molar-refractivity contribution < 1.29 is 4.79 Å². The van der Waals surface area contributed by atoms with Crippen molar-refractivity contribution in [2.24, 2.45) is 16.6 Å².